The summed E-state index contributed by atoms with van der Waals surface area (Å²) in [5, 5.41) is 11.7. The number of esters is 2. The van der Waals surface area contributed by atoms with Crippen molar-refractivity contribution < 1.29 is 38.2 Å². The van der Waals surface area contributed by atoms with Crippen molar-refractivity contribution in [3.63, 3.8) is 0 Å². The summed E-state index contributed by atoms with van der Waals surface area (Å²) in [5.41, 5.74) is 0. The molecule has 396 valence electrons. The minimum Gasteiger partial charge on any atom is -0.544 e. The van der Waals surface area contributed by atoms with Gasteiger partial charge in [0.05, 0.1) is 40.3 Å². The third-order valence-electron chi connectivity index (χ3n) is 13.0. The first-order chi connectivity index (χ1) is 33.1. The molecule has 0 amide bonds. The number of quaternary nitrogens is 1. The fourth-order valence-corrected chi connectivity index (χ4v) is 8.53. The van der Waals surface area contributed by atoms with Gasteiger partial charge in [-0.2, -0.15) is 0 Å². The van der Waals surface area contributed by atoms with Gasteiger partial charge >= 0.3 is 11.9 Å². The maximum Gasteiger partial charge on any atom is 0.306 e. The van der Waals surface area contributed by atoms with Gasteiger partial charge in [0.25, 0.3) is 0 Å². The summed E-state index contributed by atoms with van der Waals surface area (Å²) in [6.07, 6.45) is 62.9. The van der Waals surface area contributed by atoms with E-state index in [0.29, 0.717) is 12.8 Å². The Morgan fingerprint density at radius 3 is 1.18 bits per heavy atom. The molecule has 0 aromatic carbocycles. The molecular weight excluding hydrogens is 847 g/mol. The molecule has 2 atom stereocenters. The average molecular weight is 957 g/mol. The van der Waals surface area contributed by atoms with Crippen LogP contribution in [0.4, 0.5) is 0 Å². The second-order valence-electron chi connectivity index (χ2n) is 20.5. The van der Waals surface area contributed by atoms with Gasteiger partial charge < -0.3 is 28.6 Å². The Morgan fingerprint density at radius 1 is 0.441 bits per heavy atom. The summed E-state index contributed by atoms with van der Waals surface area (Å²) in [6.45, 7) is 4.66. The lowest BCUT2D eigenvalue weighted by atomic mass is 10.0. The lowest BCUT2D eigenvalue weighted by molar-refractivity contribution is -0.889. The van der Waals surface area contributed by atoms with E-state index in [9.17, 15) is 19.5 Å². The van der Waals surface area contributed by atoms with Crippen molar-refractivity contribution in [3.8, 4) is 0 Å². The molecule has 0 saturated carbocycles. The predicted octanol–water partition coefficient (Wildman–Crippen LogP) is 15.8. The molecule has 0 heterocycles. The molecule has 0 aliphatic rings. The third kappa shape index (κ3) is 48.3. The maximum atomic E-state index is 12.8. The molecule has 8 nitrogen and oxygen atoms in total. The number of aliphatic carboxylic acids is 1. The highest BCUT2D eigenvalue weighted by Crippen LogP contribution is 2.17. The van der Waals surface area contributed by atoms with Crippen LogP contribution in [0, 0.1) is 0 Å². The smallest absolute Gasteiger partial charge is 0.306 e. The van der Waals surface area contributed by atoms with Gasteiger partial charge in [-0.3, -0.25) is 9.59 Å². The summed E-state index contributed by atoms with van der Waals surface area (Å²) in [5.74, 6) is -1.74. The van der Waals surface area contributed by atoms with Crippen LogP contribution < -0.4 is 5.11 Å². The number of carboxylic acid groups (broad SMARTS) is 1. The zero-order valence-electron chi connectivity index (χ0n) is 45.3. The number of rotatable bonds is 52. The van der Waals surface area contributed by atoms with Crippen LogP contribution in [0.1, 0.15) is 264 Å². The predicted molar refractivity (Wildman–Crippen MR) is 286 cm³/mol. The molecule has 0 spiro atoms. The fraction of sp³-hybridized carbons (Fsp3) is 0.817. The van der Waals surface area contributed by atoms with Crippen molar-refractivity contribution in [1.29, 1.82) is 0 Å². The molecule has 0 aromatic rings. The minimum absolute atomic E-state index is 0.0346. The highest BCUT2D eigenvalue weighted by atomic mass is 16.6. The number of carboxylic acids is 1. The second-order valence-corrected chi connectivity index (χ2v) is 20.5. The first-order valence-corrected chi connectivity index (χ1v) is 28.7. The Balaban J connectivity index is 4.19. The SMILES string of the molecule is CCCCC/C=C/C/C=C/C/C=C/C/C=C/CCCCCCCC(=O)OC(COCCC(C(=O)[O-])[N+](C)(C)C)COC(=O)CCCCCCCCCCCCCCCCCCCCCCCCC. The van der Waals surface area contributed by atoms with Gasteiger partial charge in [0.15, 0.2) is 6.10 Å². The minimum atomic E-state index is -1.13. The summed E-state index contributed by atoms with van der Waals surface area (Å²) >= 11 is 0. The number of carbonyl (C=O) groups is 3. The van der Waals surface area contributed by atoms with E-state index in [1.54, 1.807) is 21.1 Å². The standard InChI is InChI=1S/C60H109NO7/c1-6-8-10-12-14-16-18-20-22-24-26-28-29-31-32-34-36-38-40-42-44-46-48-50-58(62)67-55-56(54-66-53-52-57(60(64)65)61(3,4)5)68-59(63)51-49-47-45-43-41-39-37-35-33-30-27-25-23-21-19-17-15-13-11-9-7-2/h15,17,21,23,27,30,35,37,56-57H,6-14,16,18-20,22,24-26,28-29,31-34,36,38-55H2,1-5H3/b17-15+,23-21+,30-27+,37-35+. The Morgan fingerprint density at radius 2 is 0.779 bits per heavy atom. The molecule has 0 saturated heterocycles. The Bertz CT molecular complexity index is 1250. The molecule has 68 heavy (non-hydrogen) atoms. The number of nitrogens with zero attached hydrogens (tertiary/aromatic N) is 1. The van der Waals surface area contributed by atoms with Crippen LogP contribution >= 0.6 is 0 Å². The Kier molecular flexibility index (Phi) is 48.7. The van der Waals surface area contributed by atoms with Gasteiger partial charge in [-0.05, 0) is 57.8 Å². The van der Waals surface area contributed by atoms with Crippen molar-refractivity contribution >= 4 is 17.9 Å². The molecule has 0 aromatic heterocycles. The van der Waals surface area contributed by atoms with E-state index in [2.05, 4.69) is 62.5 Å². The first kappa shape index (κ1) is 65.3. The Labute approximate surface area is 420 Å². The summed E-state index contributed by atoms with van der Waals surface area (Å²) in [4.78, 5) is 37.1. The molecule has 0 aliphatic carbocycles. The zero-order chi connectivity index (χ0) is 49.9. The topological polar surface area (TPSA) is 102 Å². The average Bonchev–Trinajstić information content (AvgIpc) is 3.30. The molecule has 0 rings (SSSR count). The van der Waals surface area contributed by atoms with Crippen molar-refractivity contribution in [2.45, 2.75) is 276 Å². The molecule has 0 aliphatic heterocycles. The lowest BCUT2D eigenvalue weighted by Crippen LogP contribution is -2.55. The van der Waals surface area contributed by atoms with Crippen LogP contribution in [0.2, 0.25) is 0 Å². The van der Waals surface area contributed by atoms with E-state index < -0.39 is 18.1 Å². The lowest BCUT2D eigenvalue weighted by Gasteiger charge is -2.34. The van der Waals surface area contributed by atoms with Gasteiger partial charge in [-0.15, -0.1) is 0 Å². The molecule has 2 unspecified atom stereocenters. The molecule has 0 radical (unpaired) electrons. The van der Waals surface area contributed by atoms with Gasteiger partial charge in [-0.25, -0.2) is 0 Å². The van der Waals surface area contributed by atoms with E-state index in [1.807, 2.05) is 0 Å². The van der Waals surface area contributed by atoms with E-state index in [4.69, 9.17) is 14.2 Å². The largest absolute Gasteiger partial charge is 0.544 e. The Hall–Kier alpha value is -2.71. The highest BCUT2D eigenvalue weighted by Gasteiger charge is 2.25. The molecule has 0 fully saturated rings. The van der Waals surface area contributed by atoms with Crippen molar-refractivity contribution in [3.05, 3.63) is 48.6 Å². The summed E-state index contributed by atoms with van der Waals surface area (Å²) < 4.78 is 17.3. The van der Waals surface area contributed by atoms with Crippen LogP contribution in [0.5, 0.6) is 0 Å². The molecular formula is C60H109NO7. The zero-order valence-corrected chi connectivity index (χ0v) is 45.3. The third-order valence-corrected chi connectivity index (χ3v) is 13.0. The number of hydrogen-bond donors (Lipinski definition) is 0. The van der Waals surface area contributed by atoms with E-state index in [0.717, 1.165) is 77.0 Å². The molecule has 8 heteroatoms. The quantitative estimate of drug-likeness (QED) is 0.0259. The fourth-order valence-electron chi connectivity index (χ4n) is 8.53. The maximum absolute atomic E-state index is 12.8. The number of allylic oxidation sites excluding steroid dienone is 8. The normalized spacial score (nSPS) is 13.1. The van der Waals surface area contributed by atoms with Gasteiger partial charge in [0, 0.05) is 19.3 Å². The number of carbonyl (C=O) groups excluding carboxylic acids is 3. The van der Waals surface area contributed by atoms with Crippen LogP contribution in [0.25, 0.3) is 0 Å². The molecule has 0 N–H and O–H groups in total. The van der Waals surface area contributed by atoms with Gasteiger partial charge in [0.2, 0.25) is 0 Å². The first-order valence-electron chi connectivity index (χ1n) is 28.7. The van der Waals surface area contributed by atoms with Gasteiger partial charge in [-0.1, -0.05) is 236 Å². The van der Waals surface area contributed by atoms with E-state index in [1.165, 1.54) is 154 Å². The van der Waals surface area contributed by atoms with Crippen LogP contribution in [0.3, 0.4) is 0 Å². The molecule has 0 bridgehead atoms. The highest BCUT2D eigenvalue weighted by molar-refractivity contribution is 5.70. The number of hydrogen-bond acceptors (Lipinski definition) is 7. The van der Waals surface area contributed by atoms with Crippen LogP contribution in [0.15, 0.2) is 48.6 Å². The number of ether oxygens (including phenoxy) is 3. The summed E-state index contributed by atoms with van der Waals surface area (Å²) in [6, 6.07) is -0.731. The monoisotopic (exact) mass is 956 g/mol. The van der Waals surface area contributed by atoms with Crippen LogP contribution in [-0.4, -0.2) is 75.5 Å². The van der Waals surface area contributed by atoms with Crippen LogP contribution in [-0.2, 0) is 28.6 Å². The summed E-state index contributed by atoms with van der Waals surface area (Å²) in [7, 11) is 5.42. The number of unbranched alkanes of at least 4 members (excludes halogenated alkanes) is 30. The van der Waals surface area contributed by atoms with E-state index >= 15 is 0 Å². The number of likely N-dealkylation sites (N-methyl/N-ethyl adjacent to an activating group) is 1. The second kappa shape index (κ2) is 50.7. The van der Waals surface area contributed by atoms with Gasteiger partial charge in [0.1, 0.15) is 12.6 Å². The van der Waals surface area contributed by atoms with E-state index in [-0.39, 0.29) is 42.7 Å². The van der Waals surface area contributed by atoms with Crippen molar-refractivity contribution in [2.75, 3.05) is 41.0 Å². The van der Waals surface area contributed by atoms with Crippen molar-refractivity contribution in [2.24, 2.45) is 0 Å². The van der Waals surface area contributed by atoms with Crippen molar-refractivity contribution in [1.82, 2.24) is 0 Å².